The van der Waals surface area contributed by atoms with Crippen LogP contribution in [0.25, 0.3) is 0 Å². The SMILES string of the molecule is CC(=O)NC1(c2ccccc2)CCN(C[C@@H]2C[C@@]2(C(=O)NCCc2ccc(F)cc2)c2cccc(C)c2)CC1. The first kappa shape index (κ1) is 27.1. The number of carbonyl (C=O) groups is 2. The molecule has 1 aliphatic heterocycles. The Labute approximate surface area is 230 Å². The molecule has 2 amide bonds. The normalized spacial score (nSPS) is 22.2. The maximum absolute atomic E-state index is 13.7. The molecule has 1 heterocycles. The van der Waals surface area contributed by atoms with Crippen molar-refractivity contribution < 1.29 is 14.0 Å². The van der Waals surface area contributed by atoms with Crippen molar-refractivity contribution in [1.82, 2.24) is 15.5 Å². The van der Waals surface area contributed by atoms with E-state index in [4.69, 9.17) is 0 Å². The molecule has 0 radical (unpaired) electrons. The van der Waals surface area contributed by atoms with Crippen LogP contribution in [0.15, 0.2) is 78.9 Å². The first-order valence-corrected chi connectivity index (χ1v) is 14.0. The number of aryl methyl sites for hydroxylation is 1. The molecular weight excluding hydrogens is 489 g/mol. The summed E-state index contributed by atoms with van der Waals surface area (Å²) in [6.45, 7) is 6.75. The molecule has 5 rings (SSSR count). The van der Waals surface area contributed by atoms with Crippen LogP contribution in [0.3, 0.4) is 0 Å². The van der Waals surface area contributed by atoms with Crippen LogP contribution < -0.4 is 10.6 Å². The maximum Gasteiger partial charge on any atom is 0.231 e. The Morgan fingerprint density at radius 3 is 2.31 bits per heavy atom. The summed E-state index contributed by atoms with van der Waals surface area (Å²) in [5.41, 5.74) is 3.51. The Hall–Kier alpha value is -3.51. The van der Waals surface area contributed by atoms with Crippen LogP contribution in [0.2, 0.25) is 0 Å². The molecule has 0 spiro atoms. The molecular formula is C33H38FN3O2. The Bertz CT molecular complexity index is 1300. The lowest BCUT2D eigenvalue weighted by Crippen LogP contribution is -2.53. The monoisotopic (exact) mass is 527 g/mol. The van der Waals surface area contributed by atoms with Crippen LogP contribution in [0, 0.1) is 18.7 Å². The third-order valence-electron chi connectivity index (χ3n) is 8.59. The van der Waals surface area contributed by atoms with Gasteiger partial charge >= 0.3 is 0 Å². The second-order valence-corrected chi connectivity index (χ2v) is 11.3. The minimum atomic E-state index is -0.527. The third kappa shape index (κ3) is 5.91. The highest BCUT2D eigenvalue weighted by atomic mass is 19.1. The Morgan fingerprint density at radius 2 is 1.64 bits per heavy atom. The van der Waals surface area contributed by atoms with Gasteiger partial charge in [0.2, 0.25) is 11.8 Å². The highest BCUT2D eigenvalue weighted by Crippen LogP contribution is 2.55. The van der Waals surface area contributed by atoms with E-state index in [9.17, 15) is 14.0 Å². The molecule has 2 aliphatic rings. The first-order valence-electron chi connectivity index (χ1n) is 14.0. The third-order valence-corrected chi connectivity index (χ3v) is 8.59. The van der Waals surface area contributed by atoms with Crippen LogP contribution >= 0.6 is 0 Å². The van der Waals surface area contributed by atoms with Crippen LogP contribution in [-0.4, -0.2) is 42.9 Å². The van der Waals surface area contributed by atoms with Crippen molar-refractivity contribution in [2.45, 2.75) is 50.5 Å². The van der Waals surface area contributed by atoms with E-state index in [1.807, 2.05) is 24.3 Å². The van der Waals surface area contributed by atoms with Crippen molar-refractivity contribution in [3.63, 3.8) is 0 Å². The first-order chi connectivity index (χ1) is 18.8. The number of carbonyl (C=O) groups excluding carboxylic acids is 2. The van der Waals surface area contributed by atoms with Crippen molar-refractivity contribution in [3.8, 4) is 0 Å². The molecule has 1 saturated carbocycles. The van der Waals surface area contributed by atoms with E-state index in [1.54, 1.807) is 19.1 Å². The van der Waals surface area contributed by atoms with Crippen LogP contribution in [0.1, 0.15) is 48.4 Å². The summed E-state index contributed by atoms with van der Waals surface area (Å²) < 4.78 is 13.2. The van der Waals surface area contributed by atoms with Crippen molar-refractivity contribution in [2.24, 2.45) is 5.92 Å². The van der Waals surface area contributed by atoms with Crippen molar-refractivity contribution >= 4 is 11.8 Å². The van der Waals surface area contributed by atoms with Gasteiger partial charge in [0.1, 0.15) is 5.82 Å². The molecule has 0 aromatic heterocycles. The van der Waals surface area contributed by atoms with Crippen molar-refractivity contribution in [3.05, 3.63) is 107 Å². The largest absolute Gasteiger partial charge is 0.355 e. The maximum atomic E-state index is 13.7. The number of benzene rings is 3. The molecule has 1 aliphatic carbocycles. The van der Waals surface area contributed by atoms with Gasteiger partial charge in [-0.25, -0.2) is 4.39 Å². The lowest BCUT2D eigenvalue weighted by molar-refractivity contribution is -0.124. The molecule has 0 unspecified atom stereocenters. The lowest BCUT2D eigenvalue weighted by Gasteiger charge is -2.43. The highest BCUT2D eigenvalue weighted by molar-refractivity contribution is 5.92. The van der Waals surface area contributed by atoms with Crippen LogP contribution in [0.5, 0.6) is 0 Å². The van der Waals surface area contributed by atoms with E-state index in [0.717, 1.165) is 61.2 Å². The zero-order valence-corrected chi connectivity index (χ0v) is 22.9. The Morgan fingerprint density at radius 1 is 0.949 bits per heavy atom. The summed E-state index contributed by atoms with van der Waals surface area (Å²) in [6.07, 6.45) is 3.16. The zero-order chi connectivity index (χ0) is 27.5. The van der Waals surface area contributed by atoms with Gasteiger partial charge in [0.15, 0.2) is 0 Å². The second-order valence-electron chi connectivity index (χ2n) is 11.3. The van der Waals surface area contributed by atoms with Gasteiger partial charge in [-0.1, -0.05) is 72.3 Å². The van der Waals surface area contributed by atoms with Gasteiger partial charge in [-0.3, -0.25) is 9.59 Å². The van der Waals surface area contributed by atoms with Gasteiger partial charge in [0, 0.05) is 33.1 Å². The quantitative estimate of drug-likeness (QED) is 0.417. The van der Waals surface area contributed by atoms with E-state index < -0.39 is 5.41 Å². The molecule has 3 aromatic rings. The topological polar surface area (TPSA) is 61.4 Å². The number of halogens is 1. The predicted octanol–water partition coefficient (Wildman–Crippen LogP) is 4.88. The average molecular weight is 528 g/mol. The smallest absolute Gasteiger partial charge is 0.231 e. The van der Waals surface area contributed by atoms with Gasteiger partial charge in [0.25, 0.3) is 0 Å². The van der Waals surface area contributed by atoms with E-state index >= 15 is 0 Å². The van der Waals surface area contributed by atoms with Crippen molar-refractivity contribution in [1.29, 1.82) is 0 Å². The predicted molar refractivity (Wildman–Crippen MR) is 152 cm³/mol. The summed E-state index contributed by atoms with van der Waals surface area (Å²) >= 11 is 0. The molecule has 204 valence electrons. The molecule has 2 fully saturated rings. The highest BCUT2D eigenvalue weighted by Gasteiger charge is 2.61. The average Bonchev–Trinajstić information content (AvgIpc) is 3.66. The van der Waals surface area contributed by atoms with E-state index in [1.165, 1.54) is 12.1 Å². The Balaban J connectivity index is 1.26. The number of nitrogens with one attached hydrogen (secondary N) is 2. The fourth-order valence-corrected chi connectivity index (χ4v) is 6.37. The molecule has 0 bridgehead atoms. The lowest BCUT2D eigenvalue weighted by atomic mass is 9.80. The summed E-state index contributed by atoms with van der Waals surface area (Å²) in [4.78, 5) is 28.3. The number of hydrogen-bond acceptors (Lipinski definition) is 3. The standard InChI is InChI=1S/C33H38FN3O2/c1-24-7-6-10-28(21-24)33(31(39)35-18-15-26-11-13-30(34)14-12-26)22-29(33)23-37-19-16-32(17-20-37,36-25(2)38)27-8-4-3-5-9-27/h3-14,21,29H,15-20,22-23H2,1-2H3,(H,35,39)(H,36,38)/t29-,33+/m0/s1. The van der Waals surface area contributed by atoms with E-state index in [0.29, 0.717) is 13.0 Å². The van der Waals surface area contributed by atoms with E-state index in [-0.39, 0.29) is 29.1 Å². The second kappa shape index (κ2) is 11.3. The number of nitrogens with zero attached hydrogens (tertiary/aromatic N) is 1. The minimum Gasteiger partial charge on any atom is -0.355 e. The van der Waals surface area contributed by atoms with Gasteiger partial charge in [-0.2, -0.15) is 0 Å². The van der Waals surface area contributed by atoms with Gasteiger partial charge in [-0.05, 0) is 67.3 Å². The number of rotatable bonds is 9. The zero-order valence-electron chi connectivity index (χ0n) is 22.9. The van der Waals surface area contributed by atoms with Crippen molar-refractivity contribution in [2.75, 3.05) is 26.2 Å². The summed E-state index contributed by atoms with van der Waals surface area (Å²) in [6, 6.07) is 25.0. The summed E-state index contributed by atoms with van der Waals surface area (Å²) in [5, 5.41) is 6.45. The van der Waals surface area contributed by atoms with Crippen LogP contribution in [0.4, 0.5) is 4.39 Å². The van der Waals surface area contributed by atoms with Gasteiger partial charge in [-0.15, -0.1) is 0 Å². The number of likely N-dealkylation sites (tertiary alicyclic amines) is 1. The number of amides is 2. The Kier molecular flexibility index (Phi) is 7.85. The molecule has 1 saturated heterocycles. The number of hydrogen-bond donors (Lipinski definition) is 2. The number of piperidine rings is 1. The molecule has 6 heteroatoms. The van der Waals surface area contributed by atoms with Crippen LogP contribution in [-0.2, 0) is 27.0 Å². The fraction of sp³-hybridized carbons (Fsp3) is 0.394. The van der Waals surface area contributed by atoms with E-state index in [2.05, 4.69) is 52.8 Å². The molecule has 2 atom stereocenters. The minimum absolute atomic E-state index is 0.00901. The van der Waals surface area contributed by atoms with Gasteiger partial charge < -0.3 is 15.5 Å². The molecule has 3 aromatic carbocycles. The fourth-order valence-electron chi connectivity index (χ4n) is 6.37. The summed E-state index contributed by atoms with van der Waals surface area (Å²) in [5.74, 6) is 0.0484. The molecule has 39 heavy (non-hydrogen) atoms. The summed E-state index contributed by atoms with van der Waals surface area (Å²) in [7, 11) is 0. The van der Waals surface area contributed by atoms with Gasteiger partial charge in [0.05, 0.1) is 11.0 Å². The molecule has 5 nitrogen and oxygen atoms in total. The molecule has 2 N–H and O–H groups in total.